The number of hydrogen-bond donors (Lipinski definition) is 4. The number of oxime groups is 1. The van der Waals surface area contributed by atoms with E-state index in [1.807, 2.05) is 0 Å². The average molecular weight is 447 g/mol. The first-order valence-electron chi connectivity index (χ1n) is 7.84. The number of carboxylic acid groups (broad SMARTS) is 1. The smallest absolute Gasteiger partial charge is 0.353 e. The van der Waals surface area contributed by atoms with E-state index < -0.39 is 29.2 Å². The fraction of sp³-hybridized carbons (Fsp3) is 0.357. The highest BCUT2D eigenvalue weighted by atomic mass is 35.5. The van der Waals surface area contributed by atoms with Crippen molar-refractivity contribution in [2.24, 2.45) is 10.9 Å². The van der Waals surface area contributed by atoms with Crippen molar-refractivity contribution in [1.29, 1.82) is 0 Å². The molecule has 1 aromatic heterocycles. The Morgan fingerprint density at radius 1 is 1.54 bits per heavy atom. The molecule has 150 valence electrons. The van der Waals surface area contributed by atoms with E-state index in [1.54, 1.807) is 0 Å². The van der Waals surface area contributed by atoms with Gasteiger partial charge in [-0.25, -0.2) is 9.78 Å². The summed E-state index contributed by atoms with van der Waals surface area (Å²) in [6.45, 7) is 0.272. The number of thiazole rings is 1. The van der Waals surface area contributed by atoms with Gasteiger partial charge in [0.2, 0.25) is 0 Å². The second kappa shape index (κ2) is 8.34. The molecule has 3 rings (SSSR count). The number of aliphatic carboxylic acids is 1. The van der Waals surface area contributed by atoms with E-state index in [-0.39, 0.29) is 46.2 Å². The van der Waals surface area contributed by atoms with Crippen LogP contribution in [0, 0.1) is 0 Å². The molecule has 11 nitrogen and oxygen atoms in total. The third kappa shape index (κ3) is 3.78. The molecule has 1 aromatic rings. The highest BCUT2D eigenvalue weighted by molar-refractivity contribution is 8.00. The fourth-order valence-electron chi connectivity index (χ4n) is 2.56. The van der Waals surface area contributed by atoms with Crippen LogP contribution in [0.1, 0.15) is 5.69 Å². The minimum Gasteiger partial charge on any atom is -0.477 e. The molecule has 1 saturated heterocycles. The van der Waals surface area contributed by atoms with Crippen LogP contribution in [0.25, 0.3) is 0 Å². The normalized spacial score (nSPS) is 21.9. The molecule has 6 N–H and O–H groups in total. The maximum Gasteiger partial charge on any atom is 0.353 e. The SMILES string of the molecule is NCCON=C(C(=O)NC1C(=O)N2C(C(=O)O)=C(Cl)CS[C@@H]12)c1csc(N)n1. The van der Waals surface area contributed by atoms with Crippen molar-refractivity contribution in [3.05, 3.63) is 21.8 Å². The molecule has 0 aliphatic carbocycles. The Bertz CT molecular complexity index is 887. The molecular weight excluding hydrogens is 432 g/mol. The number of fused-ring (bicyclic) bond motifs is 1. The third-order valence-electron chi connectivity index (χ3n) is 3.76. The number of carbonyl (C=O) groups excluding carboxylic acids is 2. The molecular formula is C14H15ClN6O5S2. The summed E-state index contributed by atoms with van der Waals surface area (Å²) < 4.78 is 0. The van der Waals surface area contributed by atoms with E-state index in [4.69, 9.17) is 27.9 Å². The predicted molar refractivity (Wildman–Crippen MR) is 104 cm³/mol. The molecule has 28 heavy (non-hydrogen) atoms. The van der Waals surface area contributed by atoms with Gasteiger partial charge in [0.25, 0.3) is 11.8 Å². The zero-order valence-corrected chi connectivity index (χ0v) is 16.5. The molecule has 0 aromatic carbocycles. The van der Waals surface area contributed by atoms with Crippen LogP contribution >= 0.6 is 34.7 Å². The third-order valence-corrected chi connectivity index (χ3v) is 6.18. The quantitative estimate of drug-likeness (QED) is 0.183. The highest BCUT2D eigenvalue weighted by Gasteiger charge is 2.54. The number of carboxylic acids is 1. The van der Waals surface area contributed by atoms with Crippen molar-refractivity contribution < 1.29 is 24.3 Å². The van der Waals surface area contributed by atoms with Crippen molar-refractivity contribution >= 4 is 63.3 Å². The first-order chi connectivity index (χ1) is 13.3. The number of nitrogen functional groups attached to an aromatic ring is 1. The molecule has 2 aliphatic rings. The molecule has 0 saturated carbocycles. The number of nitrogens with two attached hydrogens (primary N) is 2. The van der Waals surface area contributed by atoms with E-state index >= 15 is 0 Å². The zero-order chi connectivity index (χ0) is 20.4. The first kappa shape index (κ1) is 20.4. The summed E-state index contributed by atoms with van der Waals surface area (Å²) in [5.74, 6) is -2.38. The molecule has 1 unspecified atom stereocenters. The summed E-state index contributed by atoms with van der Waals surface area (Å²) in [7, 11) is 0. The molecule has 0 radical (unpaired) electrons. The topological polar surface area (TPSA) is 173 Å². The number of β-lactam (4-membered cyclic amide) rings is 1. The Labute approximate surface area is 171 Å². The minimum absolute atomic E-state index is 0.0715. The molecule has 2 amide bonds. The first-order valence-corrected chi connectivity index (χ1v) is 10.1. The lowest BCUT2D eigenvalue weighted by Gasteiger charge is -2.48. The van der Waals surface area contributed by atoms with Gasteiger partial charge in [0, 0.05) is 17.7 Å². The maximum absolute atomic E-state index is 12.7. The number of rotatable bonds is 7. The van der Waals surface area contributed by atoms with E-state index in [2.05, 4.69) is 15.5 Å². The number of hydrogen-bond acceptors (Lipinski definition) is 10. The van der Waals surface area contributed by atoms with E-state index in [9.17, 15) is 19.5 Å². The number of anilines is 1. The number of thioether (sulfide) groups is 1. The van der Waals surface area contributed by atoms with Crippen molar-refractivity contribution in [2.75, 3.05) is 24.6 Å². The number of nitrogens with zero attached hydrogens (tertiary/aromatic N) is 3. The van der Waals surface area contributed by atoms with Gasteiger partial charge in [-0.3, -0.25) is 14.5 Å². The van der Waals surface area contributed by atoms with Crippen LogP contribution in [0.15, 0.2) is 21.3 Å². The Balaban J connectivity index is 1.77. The molecule has 0 bridgehead atoms. The van der Waals surface area contributed by atoms with E-state index in [0.29, 0.717) is 0 Å². The van der Waals surface area contributed by atoms with Crippen molar-refractivity contribution in [2.45, 2.75) is 11.4 Å². The zero-order valence-electron chi connectivity index (χ0n) is 14.1. The number of halogens is 1. The monoisotopic (exact) mass is 446 g/mol. The van der Waals surface area contributed by atoms with Gasteiger partial charge in [0.05, 0.1) is 5.03 Å². The van der Waals surface area contributed by atoms with Gasteiger partial charge in [-0.05, 0) is 0 Å². The van der Waals surface area contributed by atoms with Crippen LogP contribution in [-0.2, 0) is 19.2 Å². The molecule has 2 atom stereocenters. The van der Waals surface area contributed by atoms with Gasteiger partial charge in [-0.2, -0.15) is 0 Å². The largest absolute Gasteiger partial charge is 0.477 e. The van der Waals surface area contributed by atoms with Crippen molar-refractivity contribution in [3.8, 4) is 0 Å². The lowest BCUT2D eigenvalue weighted by atomic mass is 10.0. The van der Waals surface area contributed by atoms with Gasteiger partial charge >= 0.3 is 5.97 Å². The van der Waals surface area contributed by atoms with Gasteiger partial charge in [0.15, 0.2) is 10.8 Å². The van der Waals surface area contributed by atoms with Crippen LogP contribution in [-0.4, -0.2) is 68.8 Å². The van der Waals surface area contributed by atoms with Crippen LogP contribution in [0.4, 0.5) is 5.13 Å². The van der Waals surface area contributed by atoms with Crippen LogP contribution in [0.3, 0.4) is 0 Å². The standard InChI is InChI=1S/C14H15ClN6O5S2/c15-5-3-27-12-8(11(23)21(12)9(5)13(24)25)19-10(22)7(20-26-2-1-16)6-4-28-14(17)18-6/h4,8,12H,1-3,16H2,(H2,17,18)(H,19,22)(H,24,25)/t8?,12-/m0/s1. The number of nitrogens with one attached hydrogen (secondary N) is 1. The van der Waals surface area contributed by atoms with Gasteiger partial charge in [-0.1, -0.05) is 16.8 Å². The van der Waals surface area contributed by atoms with Gasteiger partial charge < -0.3 is 26.7 Å². The van der Waals surface area contributed by atoms with E-state index in [1.165, 1.54) is 17.1 Å². The fourth-order valence-corrected chi connectivity index (χ4v) is 4.65. The Morgan fingerprint density at radius 3 is 2.89 bits per heavy atom. The minimum atomic E-state index is -1.30. The summed E-state index contributed by atoms with van der Waals surface area (Å²) in [4.78, 5) is 46.5. The summed E-state index contributed by atoms with van der Waals surface area (Å²) >= 11 is 8.28. The van der Waals surface area contributed by atoms with Gasteiger partial charge in [-0.15, -0.1) is 23.1 Å². The van der Waals surface area contributed by atoms with Crippen molar-refractivity contribution in [3.63, 3.8) is 0 Å². The summed E-state index contributed by atoms with van der Waals surface area (Å²) in [5, 5.41) is 16.8. The molecule has 1 fully saturated rings. The average Bonchev–Trinajstić information content (AvgIpc) is 3.08. The Morgan fingerprint density at radius 2 is 2.29 bits per heavy atom. The highest BCUT2D eigenvalue weighted by Crippen LogP contribution is 2.41. The lowest BCUT2D eigenvalue weighted by molar-refractivity contribution is -0.150. The number of amides is 2. The van der Waals surface area contributed by atoms with E-state index in [0.717, 1.165) is 16.2 Å². The van der Waals surface area contributed by atoms with Crippen LogP contribution < -0.4 is 16.8 Å². The number of carbonyl (C=O) groups is 3. The second-order valence-corrected chi connectivity index (χ2v) is 8.00. The molecule has 0 spiro atoms. The summed E-state index contributed by atoms with van der Waals surface area (Å²) in [5.41, 5.74) is 10.7. The number of aromatic nitrogens is 1. The van der Waals surface area contributed by atoms with Crippen LogP contribution in [0.2, 0.25) is 0 Å². The Kier molecular flexibility index (Phi) is 6.07. The summed E-state index contributed by atoms with van der Waals surface area (Å²) in [6, 6.07) is -0.938. The maximum atomic E-state index is 12.7. The molecule has 14 heteroatoms. The molecule has 2 aliphatic heterocycles. The Hall–Kier alpha value is -2.35. The van der Waals surface area contributed by atoms with Crippen molar-refractivity contribution in [1.82, 2.24) is 15.2 Å². The molecule has 3 heterocycles. The predicted octanol–water partition coefficient (Wildman–Crippen LogP) is -0.660. The van der Waals surface area contributed by atoms with Gasteiger partial charge in [0.1, 0.15) is 29.4 Å². The lowest BCUT2D eigenvalue weighted by Crippen LogP contribution is -2.71. The second-order valence-electron chi connectivity index (χ2n) is 5.55. The van der Waals surface area contributed by atoms with Crippen LogP contribution in [0.5, 0.6) is 0 Å². The summed E-state index contributed by atoms with van der Waals surface area (Å²) in [6.07, 6.45) is 0.